The number of nitrogens with one attached hydrogen (secondary N) is 1. The normalized spacial score (nSPS) is 27.5. The highest BCUT2D eigenvalue weighted by Crippen LogP contribution is 2.23. The Kier molecular flexibility index (Phi) is 7.29. The molecule has 0 radical (unpaired) electrons. The zero-order valence-corrected chi connectivity index (χ0v) is 13.0. The van der Waals surface area contributed by atoms with E-state index >= 15 is 0 Å². The van der Waals surface area contributed by atoms with E-state index in [-0.39, 0.29) is 12.1 Å². The maximum atomic E-state index is 8.92. The fourth-order valence-electron chi connectivity index (χ4n) is 3.13. The number of aliphatic hydroxyl groups is 1. The molecule has 1 rings (SSSR count). The second kappa shape index (κ2) is 8.20. The maximum Gasteiger partial charge on any atom is 0.0431 e. The van der Waals surface area contributed by atoms with Gasteiger partial charge in [-0.05, 0) is 59.4 Å². The van der Waals surface area contributed by atoms with E-state index in [1.807, 2.05) is 0 Å². The van der Waals surface area contributed by atoms with Crippen molar-refractivity contribution in [3.05, 3.63) is 0 Å². The molecule has 0 aromatic carbocycles. The first kappa shape index (κ1) is 16.9. The average Bonchev–Trinajstić information content (AvgIpc) is 2.59. The zero-order valence-electron chi connectivity index (χ0n) is 13.0. The Morgan fingerprint density at radius 2 is 2.00 bits per heavy atom. The van der Waals surface area contributed by atoms with E-state index in [0.717, 1.165) is 32.2 Å². The molecule has 4 nitrogen and oxygen atoms in total. The number of aliphatic hydroxyl groups excluding tert-OH is 1. The molecule has 0 aromatic rings. The molecule has 1 aliphatic rings. The van der Waals surface area contributed by atoms with Gasteiger partial charge in [0.1, 0.15) is 0 Å². The summed E-state index contributed by atoms with van der Waals surface area (Å²) in [5.74, 6) is 0. The molecule has 4 N–H and O–H groups in total. The second-order valence-corrected chi connectivity index (χ2v) is 6.38. The molecule has 0 spiro atoms. The molecule has 2 atom stereocenters. The van der Waals surface area contributed by atoms with Crippen LogP contribution in [0.4, 0.5) is 0 Å². The first-order valence-corrected chi connectivity index (χ1v) is 7.85. The van der Waals surface area contributed by atoms with Crippen LogP contribution in [0, 0.1) is 0 Å². The molecule has 0 bridgehead atoms. The molecule has 4 heteroatoms. The summed E-state index contributed by atoms with van der Waals surface area (Å²) in [4.78, 5) is 2.55. The molecule has 2 unspecified atom stereocenters. The molecule has 1 heterocycles. The summed E-state index contributed by atoms with van der Waals surface area (Å²) >= 11 is 0. The number of hydrogen-bond donors (Lipinski definition) is 3. The van der Waals surface area contributed by atoms with E-state index in [0.29, 0.717) is 18.6 Å². The molecule has 1 fully saturated rings. The van der Waals surface area contributed by atoms with Gasteiger partial charge in [0.2, 0.25) is 0 Å². The lowest BCUT2D eigenvalue weighted by Crippen LogP contribution is -2.55. The lowest BCUT2D eigenvalue weighted by atomic mass is 9.89. The molecular weight excluding hydrogens is 238 g/mol. The van der Waals surface area contributed by atoms with E-state index in [9.17, 15) is 0 Å². The maximum absolute atomic E-state index is 8.92. The SMILES string of the molecule is CC(CCCO)NC1(CN)CCCN(C(C)C)CC1. The van der Waals surface area contributed by atoms with Gasteiger partial charge in [-0.15, -0.1) is 0 Å². The first-order chi connectivity index (χ1) is 9.03. The van der Waals surface area contributed by atoms with Crippen molar-refractivity contribution in [2.75, 3.05) is 26.2 Å². The molecule has 114 valence electrons. The lowest BCUT2D eigenvalue weighted by molar-refractivity contribution is 0.209. The smallest absolute Gasteiger partial charge is 0.0431 e. The van der Waals surface area contributed by atoms with Gasteiger partial charge in [-0.2, -0.15) is 0 Å². The van der Waals surface area contributed by atoms with Crippen molar-refractivity contribution in [1.82, 2.24) is 10.2 Å². The van der Waals surface area contributed by atoms with Gasteiger partial charge in [0.25, 0.3) is 0 Å². The van der Waals surface area contributed by atoms with Crippen LogP contribution < -0.4 is 11.1 Å². The van der Waals surface area contributed by atoms with Gasteiger partial charge in [0.15, 0.2) is 0 Å². The number of nitrogens with two attached hydrogens (primary N) is 1. The van der Waals surface area contributed by atoms with Crippen molar-refractivity contribution < 1.29 is 5.11 Å². The minimum atomic E-state index is 0.0957. The van der Waals surface area contributed by atoms with Gasteiger partial charge in [-0.1, -0.05) is 0 Å². The van der Waals surface area contributed by atoms with E-state index in [1.165, 1.54) is 13.0 Å². The molecule has 0 saturated carbocycles. The van der Waals surface area contributed by atoms with Crippen molar-refractivity contribution in [3.8, 4) is 0 Å². The number of likely N-dealkylation sites (tertiary alicyclic amines) is 1. The Labute approximate surface area is 118 Å². The highest BCUT2D eigenvalue weighted by molar-refractivity contribution is 4.94. The Morgan fingerprint density at radius 1 is 1.26 bits per heavy atom. The van der Waals surface area contributed by atoms with E-state index in [2.05, 4.69) is 31.0 Å². The molecule has 0 aromatic heterocycles. The van der Waals surface area contributed by atoms with Crippen molar-refractivity contribution in [1.29, 1.82) is 0 Å². The zero-order chi connectivity index (χ0) is 14.3. The van der Waals surface area contributed by atoms with E-state index in [4.69, 9.17) is 10.8 Å². The van der Waals surface area contributed by atoms with Crippen LogP contribution in [-0.4, -0.2) is 53.9 Å². The van der Waals surface area contributed by atoms with Crippen LogP contribution in [-0.2, 0) is 0 Å². The van der Waals surface area contributed by atoms with Crippen LogP contribution in [0.1, 0.15) is 52.9 Å². The number of rotatable bonds is 7. The highest BCUT2D eigenvalue weighted by Gasteiger charge is 2.32. The van der Waals surface area contributed by atoms with Crippen molar-refractivity contribution in [3.63, 3.8) is 0 Å². The van der Waals surface area contributed by atoms with Crippen LogP contribution in [0.25, 0.3) is 0 Å². The summed E-state index contributed by atoms with van der Waals surface area (Å²) in [6, 6.07) is 1.06. The van der Waals surface area contributed by atoms with Crippen LogP contribution >= 0.6 is 0 Å². The van der Waals surface area contributed by atoms with Crippen LogP contribution in [0.3, 0.4) is 0 Å². The molecular formula is C15H33N3O. The lowest BCUT2D eigenvalue weighted by Gasteiger charge is -2.36. The number of hydrogen-bond acceptors (Lipinski definition) is 4. The van der Waals surface area contributed by atoms with Crippen LogP contribution in [0.5, 0.6) is 0 Å². The average molecular weight is 271 g/mol. The quantitative estimate of drug-likeness (QED) is 0.654. The number of nitrogens with zero attached hydrogens (tertiary/aromatic N) is 1. The van der Waals surface area contributed by atoms with Crippen molar-refractivity contribution in [2.45, 2.75) is 70.5 Å². The molecule has 0 aliphatic carbocycles. The predicted molar refractivity (Wildman–Crippen MR) is 81.3 cm³/mol. The topological polar surface area (TPSA) is 61.5 Å². The summed E-state index contributed by atoms with van der Waals surface area (Å²) in [5, 5.41) is 12.7. The minimum absolute atomic E-state index is 0.0957. The standard InChI is InChI=1S/C15H33N3O/c1-13(2)18-9-5-7-15(12-16,8-10-18)17-14(3)6-4-11-19/h13-14,17,19H,4-12,16H2,1-3H3. The van der Waals surface area contributed by atoms with Crippen molar-refractivity contribution in [2.24, 2.45) is 5.73 Å². The van der Waals surface area contributed by atoms with Gasteiger partial charge >= 0.3 is 0 Å². The monoisotopic (exact) mass is 271 g/mol. The predicted octanol–water partition coefficient (Wildman–Crippen LogP) is 1.33. The van der Waals surface area contributed by atoms with Crippen molar-refractivity contribution >= 4 is 0 Å². The summed E-state index contributed by atoms with van der Waals surface area (Å²) in [6.07, 6.45) is 5.40. The van der Waals surface area contributed by atoms with E-state index < -0.39 is 0 Å². The first-order valence-electron chi connectivity index (χ1n) is 7.85. The van der Waals surface area contributed by atoms with Crippen LogP contribution in [0.2, 0.25) is 0 Å². The Morgan fingerprint density at radius 3 is 2.58 bits per heavy atom. The third-order valence-corrected chi connectivity index (χ3v) is 4.45. The fraction of sp³-hybridized carbons (Fsp3) is 1.00. The third kappa shape index (κ3) is 5.38. The molecule has 1 saturated heterocycles. The van der Waals surface area contributed by atoms with Crippen LogP contribution in [0.15, 0.2) is 0 Å². The van der Waals surface area contributed by atoms with E-state index in [1.54, 1.807) is 0 Å². The Bertz CT molecular complexity index is 248. The van der Waals surface area contributed by atoms with Gasteiger partial charge in [0.05, 0.1) is 0 Å². The molecule has 1 aliphatic heterocycles. The van der Waals surface area contributed by atoms with Gasteiger partial charge < -0.3 is 21.1 Å². The summed E-state index contributed by atoms with van der Waals surface area (Å²) in [7, 11) is 0. The highest BCUT2D eigenvalue weighted by atomic mass is 16.2. The Balaban J connectivity index is 2.54. The molecule has 0 amide bonds. The second-order valence-electron chi connectivity index (χ2n) is 6.38. The summed E-state index contributed by atoms with van der Waals surface area (Å²) < 4.78 is 0. The van der Waals surface area contributed by atoms with Gasteiger partial charge in [0, 0.05) is 37.3 Å². The van der Waals surface area contributed by atoms with Gasteiger partial charge in [-0.25, -0.2) is 0 Å². The summed E-state index contributed by atoms with van der Waals surface area (Å²) in [6.45, 7) is 10.1. The third-order valence-electron chi connectivity index (χ3n) is 4.45. The summed E-state index contributed by atoms with van der Waals surface area (Å²) in [5.41, 5.74) is 6.17. The molecule has 19 heavy (non-hydrogen) atoms. The minimum Gasteiger partial charge on any atom is -0.396 e. The Hall–Kier alpha value is -0.160. The fourth-order valence-corrected chi connectivity index (χ4v) is 3.13. The largest absolute Gasteiger partial charge is 0.396 e. The van der Waals surface area contributed by atoms with Gasteiger partial charge in [-0.3, -0.25) is 0 Å².